The minimum atomic E-state index is -0.151. The lowest BCUT2D eigenvalue weighted by Crippen LogP contribution is -2.12. The predicted molar refractivity (Wildman–Crippen MR) is 60.7 cm³/mol. The first-order chi connectivity index (χ1) is 7.81. The highest BCUT2D eigenvalue weighted by molar-refractivity contribution is 5.44. The highest BCUT2D eigenvalue weighted by Gasteiger charge is 2.13. The van der Waals surface area contributed by atoms with Crippen LogP contribution in [0.25, 0.3) is 0 Å². The van der Waals surface area contributed by atoms with Gasteiger partial charge in [0.25, 0.3) is 0 Å². The summed E-state index contributed by atoms with van der Waals surface area (Å²) in [7, 11) is 0. The van der Waals surface area contributed by atoms with Crippen molar-refractivity contribution in [1.29, 1.82) is 0 Å². The van der Waals surface area contributed by atoms with Gasteiger partial charge in [-0.2, -0.15) is 0 Å². The van der Waals surface area contributed by atoms with E-state index >= 15 is 0 Å². The minimum Gasteiger partial charge on any atom is -0.490 e. The number of fused-ring (bicyclic) bond motifs is 1. The van der Waals surface area contributed by atoms with Crippen LogP contribution in [0.15, 0.2) is 18.2 Å². The summed E-state index contributed by atoms with van der Waals surface area (Å²) in [6, 6.07) is 5.56. The molecule has 0 aliphatic carbocycles. The van der Waals surface area contributed by atoms with Gasteiger partial charge in [0.05, 0.1) is 13.2 Å². The monoisotopic (exact) mass is 223 g/mol. The third-order valence-electron chi connectivity index (χ3n) is 2.64. The Hall–Kier alpha value is -1.26. The van der Waals surface area contributed by atoms with E-state index in [0.717, 1.165) is 23.5 Å². The number of hydrogen-bond acceptors (Lipinski definition) is 4. The highest BCUT2D eigenvalue weighted by Crippen LogP contribution is 2.32. The van der Waals surface area contributed by atoms with Crippen LogP contribution in [-0.2, 0) is 0 Å². The molecule has 1 aromatic carbocycles. The molecule has 0 amide bonds. The zero-order valence-electron chi connectivity index (χ0n) is 9.19. The molecule has 88 valence electrons. The van der Waals surface area contributed by atoms with E-state index in [0.29, 0.717) is 19.6 Å². The molecule has 3 N–H and O–H groups in total. The number of nitrogens with two attached hydrogens (primary N) is 1. The molecule has 0 saturated heterocycles. The van der Waals surface area contributed by atoms with Crippen LogP contribution in [0.4, 0.5) is 0 Å². The van der Waals surface area contributed by atoms with Gasteiger partial charge >= 0.3 is 0 Å². The topological polar surface area (TPSA) is 64.7 Å². The Balaban J connectivity index is 2.20. The van der Waals surface area contributed by atoms with Gasteiger partial charge in [0, 0.05) is 19.1 Å². The molecule has 2 rings (SSSR count). The predicted octanol–water partition coefficient (Wildman–Crippen LogP) is 1.23. The van der Waals surface area contributed by atoms with Crippen LogP contribution in [0.2, 0.25) is 0 Å². The van der Waals surface area contributed by atoms with Crippen LogP contribution < -0.4 is 15.2 Å². The Morgan fingerprint density at radius 1 is 1.25 bits per heavy atom. The number of benzene rings is 1. The molecule has 0 aromatic heterocycles. The summed E-state index contributed by atoms with van der Waals surface area (Å²) in [4.78, 5) is 0. The minimum absolute atomic E-state index is 0.0929. The molecular weight excluding hydrogens is 206 g/mol. The SMILES string of the molecule is NC(CCO)c1ccc2c(c1)OCCCO2. The van der Waals surface area contributed by atoms with Crippen molar-refractivity contribution >= 4 is 0 Å². The molecule has 4 nitrogen and oxygen atoms in total. The van der Waals surface area contributed by atoms with Gasteiger partial charge in [-0.1, -0.05) is 6.07 Å². The largest absolute Gasteiger partial charge is 0.490 e. The van der Waals surface area contributed by atoms with Gasteiger partial charge in [-0.15, -0.1) is 0 Å². The van der Waals surface area contributed by atoms with E-state index < -0.39 is 0 Å². The van der Waals surface area contributed by atoms with Gasteiger partial charge in [0.2, 0.25) is 0 Å². The summed E-state index contributed by atoms with van der Waals surface area (Å²) in [5.74, 6) is 1.53. The van der Waals surface area contributed by atoms with Crippen LogP contribution in [0, 0.1) is 0 Å². The van der Waals surface area contributed by atoms with Crippen LogP contribution in [0.1, 0.15) is 24.4 Å². The zero-order chi connectivity index (χ0) is 11.4. The van der Waals surface area contributed by atoms with Crippen molar-refractivity contribution in [2.75, 3.05) is 19.8 Å². The van der Waals surface area contributed by atoms with E-state index in [9.17, 15) is 0 Å². The average molecular weight is 223 g/mol. The molecule has 0 radical (unpaired) electrons. The number of aliphatic hydroxyl groups is 1. The maximum Gasteiger partial charge on any atom is 0.161 e. The summed E-state index contributed by atoms with van der Waals surface area (Å²) in [6.45, 7) is 1.45. The fourth-order valence-corrected chi connectivity index (χ4v) is 1.72. The second-order valence-corrected chi connectivity index (χ2v) is 3.88. The zero-order valence-corrected chi connectivity index (χ0v) is 9.19. The number of rotatable bonds is 3. The summed E-state index contributed by atoms with van der Waals surface area (Å²) < 4.78 is 11.1. The fourth-order valence-electron chi connectivity index (χ4n) is 1.72. The summed E-state index contributed by atoms with van der Waals surface area (Å²) in [5, 5.41) is 8.85. The van der Waals surface area contributed by atoms with E-state index in [1.54, 1.807) is 0 Å². The molecule has 1 aliphatic heterocycles. The van der Waals surface area contributed by atoms with Crippen molar-refractivity contribution in [1.82, 2.24) is 0 Å². The molecule has 1 aromatic rings. The molecular formula is C12H17NO3. The van der Waals surface area contributed by atoms with Gasteiger partial charge in [0.1, 0.15) is 0 Å². The Morgan fingerprint density at radius 3 is 2.75 bits per heavy atom. The van der Waals surface area contributed by atoms with E-state index in [1.165, 1.54) is 0 Å². The molecule has 1 heterocycles. The van der Waals surface area contributed by atoms with Gasteiger partial charge in [-0.25, -0.2) is 0 Å². The quantitative estimate of drug-likeness (QED) is 0.809. The van der Waals surface area contributed by atoms with Gasteiger partial charge in [0.15, 0.2) is 11.5 Å². The first-order valence-corrected chi connectivity index (χ1v) is 5.57. The van der Waals surface area contributed by atoms with Crippen LogP contribution >= 0.6 is 0 Å². The Kier molecular flexibility index (Phi) is 3.64. The lowest BCUT2D eigenvalue weighted by atomic mass is 10.0. The third kappa shape index (κ3) is 2.46. The van der Waals surface area contributed by atoms with E-state index in [1.807, 2.05) is 18.2 Å². The van der Waals surface area contributed by atoms with Crippen LogP contribution in [0.3, 0.4) is 0 Å². The van der Waals surface area contributed by atoms with E-state index in [4.69, 9.17) is 20.3 Å². The number of aliphatic hydroxyl groups excluding tert-OH is 1. The van der Waals surface area contributed by atoms with Crippen molar-refractivity contribution in [2.45, 2.75) is 18.9 Å². The molecule has 16 heavy (non-hydrogen) atoms. The highest BCUT2D eigenvalue weighted by atomic mass is 16.5. The van der Waals surface area contributed by atoms with Crippen LogP contribution in [-0.4, -0.2) is 24.9 Å². The second-order valence-electron chi connectivity index (χ2n) is 3.88. The molecule has 0 fully saturated rings. The van der Waals surface area contributed by atoms with Gasteiger partial charge in [-0.3, -0.25) is 0 Å². The second kappa shape index (κ2) is 5.18. The van der Waals surface area contributed by atoms with Crippen molar-refractivity contribution in [3.8, 4) is 11.5 Å². The maximum atomic E-state index is 8.85. The molecule has 1 unspecified atom stereocenters. The van der Waals surface area contributed by atoms with Crippen molar-refractivity contribution in [3.63, 3.8) is 0 Å². The van der Waals surface area contributed by atoms with Gasteiger partial charge in [-0.05, 0) is 24.1 Å². The standard InChI is InChI=1S/C12H17NO3/c13-10(4-5-14)9-2-3-11-12(8-9)16-7-1-6-15-11/h2-3,8,10,14H,1,4-7,13H2. The van der Waals surface area contributed by atoms with Crippen molar-refractivity contribution in [3.05, 3.63) is 23.8 Å². The van der Waals surface area contributed by atoms with Gasteiger partial charge < -0.3 is 20.3 Å². The van der Waals surface area contributed by atoms with Crippen molar-refractivity contribution < 1.29 is 14.6 Å². The molecule has 0 saturated carbocycles. The summed E-state index contributed by atoms with van der Waals surface area (Å²) in [6.07, 6.45) is 1.45. The number of ether oxygens (including phenoxy) is 2. The molecule has 1 aliphatic rings. The Bertz CT molecular complexity index is 354. The third-order valence-corrected chi connectivity index (χ3v) is 2.64. The Morgan fingerprint density at radius 2 is 2.00 bits per heavy atom. The van der Waals surface area contributed by atoms with E-state index in [-0.39, 0.29) is 12.6 Å². The molecule has 1 atom stereocenters. The first kappa shape index (κ1) is 11.2. The van der Waals surface area contributed by atoms with E-state index in [2.05, 4.69) is 0 Å². The Labute approximate surface area is 95.0 Å². The lowest BCUT2D eigenvalue weighted by molar-refractivity contribution is 0.276. The lowest BCUT2D eigenvalue weighted by Gasteiger charge is -2.13. The first-order valence-electron chi connectivity index (χ1n) is 5.57. The molecule has 4 heteroatoms. The molecule has 0 spiro atoms. The van der Waals surface area contributed by atoms with Crippen LogP contribution in [0.5, 0.6) is 11.5 Å². The molecule has 0 bridgehead atoms. The van der Waals surface area contributed by atoms with Crippen molar-refractivity contribution in [2.24, 2.45) is 5.73 Å². The number of hydrogen-bond donors (Lipinski definition) is 2. The maximum absolute atomic E-state index is 8.85. The fraction of sp³-hybridized carbons (Fsp3) is 0.500. The summed E-state index contributed by atoms with van der Waals surface area (Å²) in [5.41, 5.74) is 6.89. The summed E-state index contributed by atoms with van der Waals surface area (Å²) >= 11 is 0. The smallest absolute Gasteiger partial charge is 0.161 e. The normalized spacial score (nSPS) is 16.6. The average Bonchev–Trinajstić information content (AvgIpc) is 2.53.